The van der Waals surface area contributed by atoms with Crippen molar-refractivity contribution < 1.29 is 0 Å². The molecule has 0 unspecified atom stereocenters. The van der Waals surface area contributed by atoms with Crippen molar-refractivity contribution in [3.05, 3.63) is 58.8 Å². The lowest BCUT2D eigenvalue weighted by Crippen LogP contribution is -1.85. The van der Waals surface area contributed by atoms with Gasteiger partial charge in [-0.2, -0.15) is 0 Å². The first-order valence-electron chi connectivity index (χ1n) is 7.49. The van der Waals surface area contributed by atoms with Crippen molar-refractivity contribution in [1.29, 1.82) is 0 Å². The second-order valence-corrected chi connectivity index (χ2v) is 7.11. The molecule has 0 aliphatic heterocycles. The summed E-state index contributed by atoms with van der Waals surface area (Å²) in [5, 5.41) is 0. The summed E-state index contributed by atoms with van der Waals surface area (Å²) in [7, 11) is 0. The maximum atomic E-state index is 4.86. The number of imidazole rings is 1. The summed E-state index contributed by atoms with van der Waals surface area (Å²) in [4.78, 5) is 5.93. The highest BCUT2D eigenvalue weighted by Gasteiger charge is 2.12. The van der Waals surface area contributed by atoms with Crippen LogP contribution in [0.2, 0.25) is 0 Å². The minimum Gasteiger partial charge on any atom is -0.290 e. The van der Waals surface area contributed by atoms with Crippen LogP contribution in [0.3, 0.4) is 0 Å². The van der Waals surface area contributed by atoms with E-state index in [1.807, 2.05) is 0 Å². The largest absolute Gasteiger partial charge is 0.290 e. The molecule has 0 amide bonds. The van der Waals surface area contributed by atoms with Gasteiger partial charge in [0.1, 0.15) is 0 Å². The monoisotopic (exact) mass is 306 g/mol. The Balaban J connectivity index is 1.98. The first-order chi connectivity index (χ1) is 10.5. The molecule has 0 aliphatic rings. The maximum absolute atomic E-state index is 4.86. The van der Waals surface area contributed by atoms with Gasteiger partial charge in [-0.25, -0.2) is 4.98 Å². The molecule has 110 valence electrons. The van der Waals surface area contributed by atoms with Crippen molar-refractivity contribution in [2.24, 2.45) is 0 Å². The highest BCUT2D eigenvalue weighted by atomic mass is 32.1. The molecule has 0 fully saturated rings. The summed E-state index contributed by atoms with van der Waals surface area (Å²) in [6.07, 6.45) is 2.17. The highest BCUT2D eigenvalue weighted by Crippen LogP contribution is 2.32. The Morgan fingerprint density at radius 2 is 1.68 bits per heavy atom. The van der Waals surface area contributed by atoms with Crippen molar-refractivity contribution in [3.63, 3.8) is 0 Å². The van der Waals surface area contributed by atoms with Gasteiger partial charge in [0.25, 0.3) is 0 Å². The second kappa shape index (κ2) is 4.68. The summed E-state index contributed by atoms with van der Waals surface area (Å²) < 4.78 is 3.53. The normalized spacial score (nSPS) is 11.6. The van der Waals surface area contributed by atoms with Crippen LogP contribution in [0.15, 0.2) is 36.5 Å². The molecule has 22 heavy (non-hydrogen) atoms. The van der Waals surface area contributed by atoms with E-state index in [4.69, 9.17) is 4.98 Å². The number of benzene rings is 2. The molecule has 0 spiro atoms. The lowest BCUT2D eigenvalue weighted by atomic mass is 10.0. The summed E-state index contributed by atoms with van der Waals surface area (Å²) >= 11 is 1.76. The number of hydrogen-bond acceptors (Lipinski definition) is 2. The third-order valence-electron chi connectivity index (χ3n) is 4.38. The number of fused-ring (bicyclic) bond motifs is 3. The lowest BCUT2D eigenvalue weighted by Gasteiger charge is -2.03. The molecule has 4 aromatic rings. The second-order valence-electron chi connectivity index (χ2n) is 6.10. The van der Waals surface area contributed by atoms with Crippen LogP contribution in [0.1, 0.15) is 22.3 Å². The Labute approximate surface area is 134 Å². The third kappa shape index (κ3) is 1.97. The van der Waals surface area contributed by atoms with Crippen molar-refractivity contribution >= 4 is 26.5 Å². The van der Waals surface area contributed by atoms with E-state index in [0.29, 0.717) is 0 Å². The van der Waals surface area contributed by atoms with Gasteiger partial charge < -0.3 is 0 Å². The van der Waals surface area contributed by atoms with Crippen molar-refractivity contribution in [1.82, 2.24) is 9.38 Å². The number of hydrogen-bond donors (Lipinski definition) is 0. The SMILES string of the molecule is Cc1ccc(C)c(-c2cn3c(n2)sc2cc(C)c(C)cc23)c1. The van der Waals surface area contributed by atoms with Gasteiger partial charge in [-0.05, 0) is 62.6 Å². The minimum atomic E-state index is 1.06. The molecular weight excluding hydrogens is 288 g/mol. The standard InChI is InChI=1S/C19H18N2S/c1-11-5-6-12(2)15(7-11)16-10-21-17-8-13(3)14(4)9-18(17)22-19(21)20-16/h5-10H,1-4H3. The molecule has 0 radical (unpaired) electrons. The molecule has 0 aliphatic carbocycles. The van der Waals surface area contributed by atoms with Gasteiger partial charge in [0.05, 0.1) is 15.9 Å². The Bertz CT molecular complexity index is 1020. The smallest absolute Gasteiger partial charge is 0.195 e. The average molecular weight is 306 g/mol. The molecular formula is C19H18N2S. The van der Waals surface area contributed by atoms with Crippen LogP contribution < -0.4 is 0 Å². The summed E-state index contributed by atoms with van der Waals surface area (Å²) in [6.45, 7) is 8.61. The van der Waals surface area contributed by atoms with E-state index < -0.39 is 0 Å². The fourth-order valence-corrected chi connectivity index (χ4v) is 3.98. The average Bonchev–Trinajstić information content (AvgIpc) is 3.01. The summed E-state index contributed by atoms with van der Waals surface area (Å²) in [5.41, 5.74) is 8.76. The van der Waals surface area contributed by atoms with E-state index in [1.165, 1.54) is 38.0 Å². The van der Waals surface area contributed by atoms with Gasteiger partial charge in [0.15, 0.2) is 4.96 Å². The third-order valence-corrected chi connectivity index (χ3v) is 5.40. The van der Waals surface area contributed by atoms with Crippen LogP contribution in [0.5, 0.6) is 0 Å². The minimum absolute atomic E-state index is 1.06. The van der Waals surface area contributed by atoms with Crippen molar-refractivity contribution in [2.45, 2.75) is 27.7 Å². The topological polar surface area (TPSA) is 17.3 Å². The summed E-state index contributed by atoms with van der Waals surface area (Å²) in [5.74, 6) is 0. The molecule has 2 heterocycles. The molecule has 0 N–H and O–H groups in total. The van der Waals surface area contributed by atoms with E-state index in [1.54, 1.807) is 11.3 Å². The molecule has 0 saturated carbocycles. The Kier molecular flexibility index (Phi) is 2.88. The number of aromatic nitrogens is 2. The van der Waals surface area contributed by atoms with Gasteiger partial charge in [-0.15, -0.1) is 0 Å². The van der Waals surface area contributed by atoms with Gasteiger partial charge in [0.2, 0.25) is 0 Å². The Hall–Kier alpha value is -2.13. The first kappa shape index (κ1) is 13.5. The zero-order valence-electron chi connectivity index (χ0n) is 13.3. The molecule has 2 aromatic heterocycles. The molecule has 4 rings (SSSR count). The van der Waals surface area contributed by atoms with Gasteiger partial charge in [-0.1, -0.05) is 29.0 Å². The highest BCUT2D eigenvalue weighted by molar-refractivity contribution is 7.23. The molecule has 0 saturated heterocycles. The first-order valence-corrected chi connectivity index (χ1v) is 8.31. The molecule has 0 bridgehead atoms. The maximum Gasteiger partial charge on any atom is 0.195 e. The molecule has 3 heteroatoms. The van der Waals surface area contributed by atoms with Gasteiger partial charge >= 0.3 is 0 Å². The Morgan fingerprint density at radius 1 is 0.909 bits per heavy atom. The Morgan fingerprint density at radius 3 is 2.50 bits per heavy atom. The molecule has 2 aromatic carbocycles. The van der Waals surface area contributed by atoms with Crippen LogP contribution >= 0.6 is 11.3 Å². The van der Waals surface area contributed by atoms with E-state index in [2.05, 4.69) is 68.6 Å². The fourth-order valence-electron chi connectivity index (χ4n) is 2.89. The van der Waals surface area contributed by atoms with Crippen molar-refractivity contribution in [2.75, 3.05) is 0 Å². The van der Waals surface area contributed by atoms with Crippen LogP contribution in [0, 0.1) is 27.7 Å². The predicted molar refractivity (Wildman–Crippen MR) is 95.0 cm³/mol. The van der Waals surface area contributed by atoms with Crippen LogP contribution in [0.25, 0.3) is 26.4 Å². The number of thiazole rings is 1. The van der Waals surface area contributed by atoms with E-state index in [9.17, 15) is 0 Å². The molecule has 0 atom stereocenters. The van der Waals surface area contributed by atoms with Crippen LogP contribution in [-0.2, 0) is 0 Å². The number of rotatable bonds is 1. The molecule has 2 nitrogen and oxygen atoms in total. The predicted octanol–water partition coefficient (Wildman–Crippen LogP) is 5.45. The van der Waals surface area contributed by atoms with Crippen LogP contribution in [-0.4, -0.2) is 9.38 Å². The van der Waals surface area contributed by atoms with E-state index in [0.717, 1.165) is 10.7 Å². The fraction of sp³-hybridized carbons (Fsp3) is 0.211. The number of aryl methyl sites for hydroxylation is 4. The number of nitrogens with zero attached hydrogens (tertiary/aromatic N) is 2. The lowest BCUT2D eigenvalue weighted by molar-refractivity contribution is 1.27. The van der Waals surface area contributed by atoms with E-state index in [-0.39, 0.29) is 0 Å². The zero-order valence-corrected chi connectivity index (χ0v) is 14.1. The zero-order chi connectivity index (χ0) is 15.4. The van der Waals surface area contributed by atoms with Gasteiger partial charge in [0, 0.05) is 11.8 Å². The van der Waals surface area contributed by atoms with Crippen LogP contribution in [0.4, 0.5) is 0 Å². The van der Waals surface area contributed by atoms with Gasteiger partial charge in [-0.3, -0.25) is 4.40 Å². The van der Waals surface area contributed by atoms with E-state index >= 15 is 0 Å². The summed E-state index contributed by atoms with van der Waals surface area (Å²) in [6, 6.07) is 11.1. The quantitative estimate of drug-likeness (QED) is 0.457. The van der Waals surface area contributed by atoms with Crippen molar-refractivity contribution in [3.8, 4) is 11.3 Å².